The van der Waals surface area contributed by atoms with Crippen LogP contribution in [0.25, 0.3) is 22.4 Å². The van der Waals surface area contributed by atoms with Crippen LogP contribution in [0, 0.1) is 6.92 Å². The van der Waals surface area contributed by atoms with Crippen molar-refractivity contribution in [2.75, 3.05) is 13.1 Å². The van der Waals surface area contributed by atoms with Gasteiger partial charge in [-0.2, -0.15) is 4.98 Å². The predicted octanol–water partition coefficient (Wildman–Crippen LogP) is 4.55. The van der Waals surface area contributed by atoms with Gasteiger partial charge in [0.25, 0.3) is 11.8 Å². The van der Waals surface area contributed by atoms with Gasteiger partial charge in [-0.25, -0.2) is 0 Å². The summed E-state index contributed by atoms with van der Waals surface area (Å²) in [5.74, 6) is 1.59. The van der Waals surface area contributed by atoms with Gasteiger partial charge >= 0.3 is 0 Å². The fourth-order valence-corrected chi connectivity index (χ4v) is 4.08. The van der Waals surface area contributed by atoms with Crippen LogP contribution in [0.2, 0.25) is 0 Å². The summed E-state index contributed by atoms with van der Waals surface area (Å²) in [5.41, 5.74) is 3.84. The minimum absolute atomic E-state index is 0.0854. The first-order valence-corrected chi connectivity index (χ1v) is 9.95. The molecule has 1 amide bonds. The third-order valence-corrected chi connectivity index (χ3v) is 5.68. The van der Waals surface area contributed by atoms with E-state index in [9.17, 15) is 4.79 Å². The second-order valence-electron chi connectivity index (χ2n) is 7.64. The zero-order valence-corrected chi connectivity index (χ0v) is 16.3. The van der Waals surface area contributed by atoms with E-state index in [2.05, 4.69) is 15.1 Å². The second-order valence-corrected chi connectivity index (χ2v) is 7.64. The molecule has 0 spiro atoms. The Balaban J connectivity index is 1.28. The summed E-state index contributed by atoms with van der Waals surface area (Å²) in [5, 5.41) is 5.19. The van der Waals surface area contributed by atoms with Crippen molar-refractivity contribution in [3.05, 3.63) is 71.7 Å². The quantitative estimate of drug-likeness (QED) is 0.561. The van der Waals surface area contributed by atoms with E-state index in [1.54, 1.807) is 0 Å². The number of carbonyl (C=O) groups is 1. The lowest BCUT2D eigenvalue weighted by atomic mass is 9.95. The van der Waals surface area contributed by atoms with E-state index < -0.39 is 0 Å². The Bertz CT molecular complexity index is 1170. The number of hydrogen-bond donors (Lipinski definition) is 1. The van der Waals surface area contributed by atoms with E-state index in [1.165, 1.54) is 0 Å². The molecule has 6 nitrogen and oxygen atoms in total. The molecule has 4 aromatic rings. The number of benzene rings is 2. The number of H-pyrrole nitrogens is 1. The van der Waals surface area contributed by atoms with Crippen molar-refractivity contribution in [1.82, 2.24) is 20.0 Å². The number of aromatic amines is 1. The first kappa shape index (κ1) is 17.7. The lowest BCUT2D eigenvalue weighted by Crippen LogP contribution is -2.38. The van der Waals surface area contributed by atoms with Gasteiger partial charge in [0.05, 0.1) is 0 Å². The summed E-state index contributed by atoms with van der Waals surface area (Å²) in [6.45, 7) is 3.43. The first-order valence-electron chi connectivity index (χ1n) is 9.95. The summed E-state index contributed by atoms with van der Waals surface area (Å²) >= 11 is 0. The van der Waals surface area contributed by atoms with Gasteiger partial charge < -0.3 is 14.4 Å². The van der Waals surface area contributed by atoms with Crippen LogP contribution in [-0.2, 0) is 0 Å². The number of aryl methyl sites for hydroxylation is 1. The maximum atomic E-state index is 13.0. The molecular formula is C23H22N4O2. The van der Waals surface area contributed by atoms with E-state index in [4.69, 9.17) is 4.52 Å². The normalized spacial score (nSPS) is 15.1. The Morgan fingerprint density at radius 3 is 2.79 bits per heavy atom. The SMILES string of the molecule is Cc1cccc(-c2nc(C3CCN(C(=O)c4cccc5[nH]ccc45)CC3)no2)c1. The number of aromatic nitrogens is 3. The number of amides is 1. The molecular weight excluding hydrogens is 364 g/mol. The van der Waals surface area contributed by atoms with Gasteiger partial charge in [-0.3, -0.25) is 4.79 Å². The van der Waals surface area contributed by atoms with E-state index in [0.717, 1.165) is 46.3 Å². The van der Waals surface area contributed by atoms with Crippen LogP contribution in [0.5, 0.6) is 0 Å². The van der Waals surface area contributed by atoms with Crippen LogP contribution in [0.3, 0.4) is 0 Å². The third kappa shape index (κ3) is 3.31. The fraction of sp³-hybridized carbons (Fsp3) is 0.261. The van der Waals surface area contributed by atoms with Crippen molar-refractivity contribution in [2.24, 2.45) is 0 Å². The Morgan fingerprint density at radius 1 is 1.14 bits per heavy atom. The minimum atomic E-state index is 0.0854. The maximum Gasteiger partial charge on any atom is 0.257 e. The molecule has 1 fully saturated rings. The molecule has 1 aliphatic heterocycles. The molecule has 2 aromatic carbocycles. The summed E-state index contributed by atoms with van der Waals surface area (Å²) in [6.07, 6.45) is 3.54. The fourth-order valence-electron chi connectivity index (χ4n) is 4.08. The van der Waals surface area contributed by atoms with E-state index in [-0.39, 0.29) is 11.8 Å². The number of rotatable bonds is 3. The molecule has 5 rings (SSSR count). The molecule has 29 heavy (non-hydrogen) atoms. The Morgan fingerprint density at radius 2 is 1.97 bits per heavy atom. The van der Waals surface area contributed by atoms with Crippen LogP contribution in [-0.4, -0.2) is 39.0 Å². The zero-order chi connectivity index (χ0) is 19.8. The predicted molar refractivity (Wildman–Crippen MR) is 111 cm³/mol. The molecule has 1 aliphatic rings. The monoisotopic (exact) mass is 386 g/mol. The van der Waals surface area contributed by atoms with Gasteiger partial charge in [0.1, 0.15) is 0 Å². The summed E-state index contributed by atoms with van der Waals surface area (Å²) in [4.78, 5) is 22.8. The van der Waals surface area contributed by atoms with Crippen molar-refractivity contribution in [3.8, 4) is 11.5 Å². The van der Waals surface area contributed by atoms with Crippen LogP contribution >= 0.6 is 0 Å². The molecule has 0 saturated carbocycles. The Labute approximate surface area is 168 Å². The van der Waals surface area contributed by atoms with Crippen LogP contribution in [0.4, 0.5) is 0 Å². The standard InChI is InChI=1S/C23H22N4O2/c1-15-4-2-5-17(14-15)22-25-21(26-29-22)16-9-12-27(13-10-16)23(28)19-6-3-7-20-18(19)8-11-24-20/h2-8,11,14,16,24H,9-10,12-13H2,1H3. The van der Waals surface area contributed by atoms with Gasteiger partial charge in [-0.05, 0) is 50.1 Å². The maximum absolute atomic E-state index is 13.0. The molecule has 0 unspecified atom stereocenters. The highest BCUT2D eigenvalue weighted by Crippen LogP contribution is 2.29. The number of hydrogen-bond acceptors (Lipinski definition) is 4. The molecule has 0 atom stereocenters. The van der Waals surface area contributed by atoms with Crippen LogP contribution < -0.4 is 0 Å². The van der Waals surface area contributed by atoms with E-state index >= 15 is 0 Å². The lowest BCUT2D eigenvalue weighted by molar-refractivity contribution is 0.0712. The van der Waals surface area contributed by atoms with Crippen molar-refractivity contribution in [1.29, 1.82) is 0 Å². The average molecular weight is 386 g/mol. The highest BCUT2D eigenvalue weighted by Gasteiger charge is 2.28. The average Bonchev–Trinajstić information content (AvgIpc) is 3.43. The molecule has 2 aromatic heterocycles. The lowest BCUT2D eigenvalue weighted by Gasteiger charge is -2.30. The molecule has 3 heterocycles. The van der Waals surface area contributed by atoms with E-state index in [1.807, 2.05) is 66.6 Å². The second kappa shape index (κ2) is 7.20. The van der Waals surface area contributed by atoms with Gasteiger partial charge in [-0.1, -0.05) is 28.9 Å². The van der Waals surface area contributed by atoms with Crippen LogP contribution in [0.1, 0.15) is 40.5 Å². The van der Waals surface area contributed by atoms with Gasteiger partial charge in [0, 0.05) is 47.2 Å². The molecule has 1 saturated heterocycles. The highest BCUT2D eigenvalue weighted by molar-refractivity contribution is 6.06. The number of nitrogens with zero attached hydrogens (tertiary/aromatic N) is 3. The Kier molecular flexibility index (Phi) is 4.39. The highest BCUT2D eigenvalue weighted by atomic mass is 16.5. The topological polar surface area (TPSA) is 75.0 Å². The van der Waals surface area contributed by atoms with Crippen molar-refractivity contribution >= 4 is 16.8 Å². The number of fused-ring (bicyclic) bond motifs is 1. The molecule has 6 heteroatoms. The van der Waals surface area contributed by atoms with Gasteiger partial charge in [0.2, 0.25) is 0 Å². The molecule has 0 aliphatic carbocycles. The summed E-state index contributed by atoms with van der Waals surface area (Å²) < 4.78 is 5.50. The summed E-state index contributed by atoms with van der Waals surface area (Å²) in [6, 6.07) is 15.8. The largest absolute Gasteiger partial charge is 0.361 e. The van der Waals surface area contributed by atoms with Gasteiger partial charge in [-0.15, -0.1) is 0 Å². The summed E-state index contributed by atoms with van der Waals surface area (Å²) in [7, 11) is 0. The number of nitrogens with one attached hydrogen (secondary N) is 1. The zero-order valence-electron chi connectivity index (χ0n) is 16.3. The molecule has 0 bridgehead atoms. The van der Waals surface area contributed by atoms with Crippen molar-refractivity contribution in [2.45, 2.75) is 25.7 Å². The smallest absolute Gasteiger partial charge is 0.257 e. The molecule has 0 radical (unpaired) electrons. The van der Waals surface area contributed by atoms with Crippen molar-refractivity contribution in [3.63, 3.8) is 0 Å². The van der Waals surface area contributed by atoms with Crippen molar-refractivity contribution < 1.29 is 9.32 Å². The molecule has 146 valence electrons. The Hall–Kier alpha value is -3.41. The third-order valence-electron chi connectivity index (χ3n) is 5.68. The van der Waals surface area contributed by atoms with Crippen LogP contribution in [0.15, 0.2) is 59.3 Å². The van der Waals surface area contributed by atoms with Gasteiger partial charge in [0.15, 0.2) is 5.82 Å². The number of likely N-dealkylation sites (tertiary alicyclic amines) is 1. The number of piperidine rings is 1. The number of carbonyl (C=O) groups excluding carboxylic acids is 1. The minimum Gasteiger partial charge on any atom is -0.361 e. The molecule has 1 N–H and O–H groups in total. The van der Waals surface area contributed by atoms with E-state index in [0.29, 0.717) is 19.0 Å². The first-order chi connectivity index (χ1) is 14.2.